The second-order valence-corrected chi connectivity index (χ2v) is 6.45. The normalized spacial score (nSPS) is 20.5. The van der Waals surface area contributed by atoms with Crippen LogP contribution in [0, 0.1) is 13.8 Å². The standard InChI is InChI=1S/C11H19N3O3S.ClH/c1-8-11(9(2)17-13-8)18(15,16)14-6-4-5-10(14)7-12-3;/h10,12H,4-7H2,1-3H3;1H. The summed E-state index contributed by atoms with van der Waals surface area (Å²) >= 11 is 0. The van der Waals surface area contributed by atoms with Crippen LogP contribution in [0.15, 0.2) is 9.42 Å². The van der Waals surface area contributed by atoms with Gasteiger partial charge in [0.05, 0.1) is 0 Å². The highest BCUT2D eigenvalue weighted by atomic mass is 35.5. The molecule has 1 aliphatic rings. The largest absolute Gasteiger partial charge is 0.360 e. The van der Waals surface area contributed by atoms with Gasteiger partial charge in [0.25, 0.3) is 0 Å². The molecule has 0 bridgehead atoms. The van der Waals surface area contributed by atoms with Gasteiger partial charge < -0.3 is 9.84 Å². The third-order valence-electron chi connectivity index (χ3n) is 3.30. The summed E-state index contributed by atoms with van der Waals surface area (Å²) in [5.41, 5.74) is 0.433. The Morgan fingerprint density at radius 2 is 2.16 bits per heavy atom. The lowest BCUT2D eigenvalue weighted by Gasteiger charge is -2.23. The second kappa shape index (κ2) is 6.21. The molecule has 19 heavy (non-hydrogen) atoms. The van der Waals surface area contributed by atoms with Gasteiger partial charge in [-0.1, -0.05) is 5.16 Å². The summed E-state index contributed by atoms with van der Waals surface area (Å²) < 4.78 is 31.8. The van der Waals surface area contributed by atoms with Gasteiger partial charge >= 0.3 is 0 Å². The van der Waals surface area contributed by atoms with E-state index in [-0.39, 0.29) is 23.3 Å². The summed E-state index contributed by atoms with van der Waals surface area (Å²) in [6.07, 6.45) is 1.79. The van der Waals surface area contributed by atoms with Crippen LogP contribution in [-0.2, 0) is 10.0 Å². The summed E-state index contributed by atoms with van der Waals surface area (Å²) in [5.74, 6) is 0.364. The molecule has 1 fully saturated rings. The molecule has 2 rings (SSSR count). The van der Waals surface area contributed by atoms with Gasteiger partial charge in [-0.2, -0.15) is 4.31 Å². The number of likely N-dealkylation sites (N-methyl/N-ethyl adjacent to an activating group) is 1. The molecule has 1 unspecified atom stereocenters. The Labute approximate surface area is 120 Å². The van der Waals surface area contributed by atoms with Crippen LogP contribution in [0.2, 0.25) is 0 Å². The third-order valence-corrected chi connectivity index (χ3v) is 5.49. The monoisotopic (exact) mass is 309 g/mol. The fourth-order valence-corrected chi connectivity index (χ4v) is 4.51. The predicted molar refractivity (Wildman–Crippen MR) is 74.1 cm³/mol. The van der Waals surface area contributed by atoms with E-state index >= 15 is 0 Å². The molecule has 0 spiro atoms. The Kier molecular flexibility index (Phi) is 5.37. The Bertz CT molecular complexity index is 510. The van der Waals surface area contributed by atoms with Gasteiger partial charge in [-0.05, 0) is 33.7 Å². The number of nitrogens with one attached hydrogen (secondary N) is 1. The molecule has 6 nitrogen and oxygen atoms in total. The third kappa shape index (κ3) is 2.94. The number of rotatable bonds is 4. The first-order valence-electron chi connectivity index (χ1n) is 6.07. The zero-order valence-corrected chi connectivity index (χ0v) is 13.0. The minimum atomic E-state index is -3.49. The molecule has 1 N–H and O–H groups in total. The van der Waals surface area contributed by atoms with Crippen molar-refractivity contribution >= 4 is 22.4 Å². The zero-order chi connectivity index (χ0) is 13.3. The van der Waals surface area contributed by atoms with E-state index in [0.29, 0.717) is 24.5 Å². The van der Waals surface area contributed by atoms with E-state index in [1.807, 2.05) is 7.05 Å². The summed E-state index contributed by atoms with van der Waals surface area (Å²) in [5, 5.41) is 6.77. The maximum atomic E-state index is 12.6. The smallest absolute Gasteiger partial charge is 0.248 e. The first kappa shape index (κ1) is 16.4. The molecule has 1 aromatic rings. The number of hydrogen-bond acceptors (Lipinski definition) is 5. The first-order chi connectivity index (χ1) is 8.48. The minimum absolute atomic E-state index is 0. The molecule has 0 radical (unpaired) electrons. The lowest BCUT2D eigenvalue weighted by Crippen LogP contribution is -2.41. The summed E-state index contributed by atoms with van der Waals surface area (Å²) in [7, 11) is -1.66. The lowest BCUT2D eigenvalue weighted by atomic mass is 10.2. The topological polar surface area (TPSA) is 75.4 Å². The fourth-order valence-electron chi connectivity index (χ4n) is 2.53. The molecule has 0 saturated carbocycles. The maximum absolute atomic E-state index is 12.6. The highest BCUT2D eigenvalue weighted by Crippen LogP contribution is 2.29. The van der Waals surface area contributed by atoms with Gasteiger partial charge in [-0.25, -0.2) is 8.42 Å². The molecular formula is C11H20ClN3O3S. The van der Waals surface area contributed by atoms with Gasteiger partial charge in [-0.3, -0.25) is 0 Å². The van der Waals surface area contributed by atoms with Crippen molar-refractivity contribution in [3.05, 3.63) is 11.5 Å². The SMILES string of the molecule is CNCC1CCCN1S(=O)(=O)c1c(C)noc1C.Cl. The van der Waals surface area contributed by atoms with Crippen LogP contribution in [-0.4, -0.2) is 44.1 Å². The van der Waals surface area contributed by atoms with Crippen LogP contribution in [0.3, 0.4) is 0 Å². The van der Waals surface area contributed by atoms with Crippen molar-refractivity contribution < 1.29 is 12.9 Å². The fraction of sp³-hybridized carbons (Fsp3) is 0.727. The average molecular weight is 310 g/mol. The Balaban J connectivity index is 0.00000180. The van der Waals surface area contributed by atoms with Gasteiger partial charge in [0.15, 0.2) is 5.76 Å². The van der Waals surface area contributed by atoms with E-state index in [9.17, 15) is 8.42 Å². The molecule has 2 heterocycles. The van der Waals surface area contributed by atoms with Gasteiger partial charge in [0.1, 0.15) is 10.6 Å². The highest BCUT2D eigenvalue weighted by Gasteiger charge is 2.38. The van der Waals surface area contributed by atoms with Crippen molar-refractivity contribution in [1.29, 1.82) is 0 Å². The lowest BCUT2D eigenvalue weighted by molar-refractivity contribution is 0.374. The van der Waals surface area contributed by atoms with Crippen molar-refractivity contribution in [2.45, 2.75) is 37.6 Å². The number of halogens is 1. The first-order valence-corrected chi connectivity index (χ1v) is 7.51. The van der Waals surface area contributed by atoms with Gasteiger partial charge in [-0.15, -0.1) is 12.4 Å². The van der Waals surface area contributed by atoms with Crippen LogP contribution < -0.4 is 5.32 Å². The average Bonchev–Trinajstić information content (AvgIpc) is 2.87. The van der Waals surface area contributed by atoms with Gasteiger partial charge in [0.2, 0.25) is 10.0 Å². The molecule has 110 valence electrons. The zero-order valence-electron chi connectivity index (χ0n) is 11.3. The van der Waals surface area contributed by atoms with Crippen molar-refractivity contribution in [3.8, 4) is 0 Å². The molecule has 1 aromatic heterocycles. The van der Waals surface area contributed by atoms with Crippen molar-refractivity contribution in [2.75, 3.05) is 20.1 Å². The van der Waals surface area contributed by atoms with Crippen LogP contribution in [0.4, 0.5) is 0 Å². The maximum Gasteiger partial charge on any atom is 0.248 e. The van der Waals surface area contributed by atoms with E-state index in [4.69, 9.17) is 4.52 Å². The number of sulfonamides is 1. The number of aromatic nitrogens is 1. The summed E-state index contributed by atoms with van der Waals surface area (Å²) in [6.45, 7) is 4.53. The molecule has 1 saturated heterocycles. The second-order valence-electron chi connectivity index (χ2n) is 4.62. The summed E-state index contributed by atoms with van der Waals surface area (Å²) in [4.78, 5) is 0.227. The van der Waals surface area contributed by atoms with E-state index in [0.717, 1.165) is 12.8 Å². The number of hydrogen-bond donors (Lipinski definition) is 1. The van der Waals surface area contributed by atoms with Crippen molar-refractivity contribution in [2.24, 2.45) is 0 Å². The Hall–Kier alpha value is -0.630. The molecule has 1 atom stereocenters. The highest BCUT2D eigenvalue weighted by molar-refractivity contribution is 7.89. The Morgan fingerprint density at radius 1 is 1.47 bits per heavy atom. The number of nitrogens with zero attached hydrogens (tertiary/aromatic N) is 2. The minimum Gasteiger partial charge on any atom is -0.360 e. The van der Waals surface area contributed by atoms with E-state index in [1.54, 1.807) is 18.2 Å². The molecular weight excluding hydrogens is 290 g/mol. The van der Waals surface area contributed by atoms with Crippen LogP contribution in [0.5, 0.6) is 0 Å². The van der Waals surface area contributed by atoms with Gasteiger partial charge in [0, 0.05) is 19.1 Å². The molecule has 0 aromatic carbocycles. The van der Waals surface area contributed by atoms with E-state index < -0.39 is 10.0 Å². The van der Waals surface area contributed by atoms with Crippen LogP contribution in [0.25, 0.3) is 0 Å². The number of aryl methyl sites for hydroxylation is 2. The van der Waals surface area contributed by atoms with Crippen molar-refractivity contribution in [3.63, 3.8) is 0 Å². The Morgan fingerprint density at radius 3 is 2.68 bits per heavy atom. The summed E-state index contributed by atoms with van der Waals surface area (Å²) in [6, 6.07) is 0.0219. The quantitative estimate of drug-likeness (QED) is 0.901. The van der Waals surface area contributed by atoms with E-state index in [1.165, 1.54) is 0 Å². The predicted octanol–water partition coefficient (Wildman–Crippen LogP) is 1.09. The molecule has 0 aliphatic carbocycles. The van der Waals surface area contributed by atoms with Crippen LogP contribution >= 0.6 is 12.4 Å². The molecule has 1 aliphatic heterocycles. The van der Waals surface area contributed by atoms with Crippen molar-refractivity contribution in [1.82, 2.24) is 14.8 Å². The molecule has 8 heteroatoms. The van der Waals surface area contributed by atoms with Crippen LogP contribution in [0.1, 0.15) is 24.3 Å². The molecule has 0 amide bonds. The van der Waals surface area contributed by atoms with E-state index in [2.05, 4.69) is 10.5 Å².